The van der Waals surface area contributed by atoms with Crippen LogP contribution in [-0.4, -0.2) is 23.8 Å². The van der Waals surface area contributed by atoms with Crippen LogP contribution in [0, 0.1) is 28.1 Å². The van der Waals surface area contributed by atoms with Crippen LogP contribution in [-0.2, 0) is 0 Å². The minimum atomic E-state index is -0.869. The van der Waals surface area contributed by atoms with Crippen molar-refractivity contribution in [2.75, 3.05) is 13.1 Å². The van der Waals surface area contributed by atoms with Crippen LogP contribution in [0.1, 0.15) is 59.3 Å². The summed E-state index contributed by atoms with van der Waals surface area (Å²) in [4.78, 5) is 0. The minimum Gasteiger partial charge on any atom is -0.388 e. The maximum atomic E-state index is 11.1. The first-order valence-electron chi connectivity index (χ1n) is 7.67. The molecule has 2 N–H and O–H groups in total. The number of nitrogens with zero attached hydrogens (tertiary/aromatic N) is 1. The van der Waals surface area contributed by atoms with Crippen molar-refractivity contribution < 1.29 is 5.11 Å². The molecule has 2 unspecified atom stereocenters. The summed E-state index contributed by atoms with van der Waals surface area (Å²) in [5.74, 6) is 0.210. The summed E-state index contributed by atoms with van der Waals surface area (Å²) < 4.78 is 0. The van der Waals surface area contributed by atoms with Gasteiger partial charge in [0.2, 0.25) is 0 Å². The van der Waals surface area contributed by atoms with Gasteiger partial charge in [-0.1, -0.05) is 13.8 Å². The molecule has 1 saturated carbocycles. The molecule has 2 aliphatic rings. The van der Waals surface area contributed by atoms with Crippen molar-refractivity contribution in [1.29, 1.82) is 5.26 Å². The second kappa shape index (κ2) is 5.07. The van der Waals surface area contributed by atoms with E-state index in [0.717, 1.165) is 51.6 Å². The second-order valence-electron chi connectivity index (χ2n) is 7.55. The van der Waals surface area contributed by atoms with E-state index in [1.807, 2.05) is 6.92 Å². The van der Waals surface area contributed by atoms with Crippen LogP contribution in [0.25, 0.3) is 0 Å². The van der Waals surface area contributed by atoms with Gasteiger partial charge in [0.1, 0.15) is 0 Å². The maximum Gasteiger partial charge on any atom is 0.0861 e. The first-order valence-corrected chi connectivity index (χ1v) is 7.67. The van der Waals surface area contributed by atoms with Crippen molar-refractivity contribution in [3.05, 3.63) is 0 Å². The predicted octanol–water partition coefficient (Wildman–Crippen LogP) is 2.85. The van der Waals surface area contributed by atoms with Crippen LogP contribution in [0.3, 0.4) is 0 Å². The lowest BCUT2D eigenvalue weighted by Crippen LogP contribution is -2.56. The number of hydrogen-bond donors (Lipinski definition) is 2. The summed E-state index contributed by atoms with van der Waals surface area (Å²) in [6.45, 7) is 8.33. The van der Waals surface area contributed by atoms with Gasteiger partial charge >= 0.3 is 0 Å². The Morgan fingerprint density at radius 2 is 1.89 bits per heavy atom. The van der Waals surface area contributed by atoms with E-state index in [2.05, 4.69) is 25.2 Å². The lowest BCUT2D eigenvalue weighted by Gasteiger charge is -2.51. The molecule has 19 heavy (non-hydrogen) atoms. The molecule has 0 radical (unpaired) electrons. The van der Waals surface area contributed by atoms with Crippen molar-refractivity contribution in [1.82, 2.24) is 5.32 Å². The van der Waals surface area contributed by atoms with Crippen molar-refractivity contribution in [2.24, 2.45) is 16.7 Å². The Kier molecular flexibility index (Phi) is 3.95. The molecular formula is C16H28N2O. The quantitative estimate of drug-likeness (QED) is 0.806. The van der Waals surface area contributed by atoms with Gasteiger partial charge in [0, 0.05) is 12.5 Å². The topological polar surface area (TPSA) is 56.0 Å². The first-order chi connectivity index (χ1) is 8.83. The molecule has 1 saturated heterocycles. The van der Waals surface area contributed by atoms with Crippen molar-refractivity contribution in [3.63, 3.8) is 0 Å². The number of aliphatic hydroxyl groups is 1. The predicted molar refractivity (Wildman–Crippen MR) is 76.5 cm³/mol. The van der Waals surface area contributed by atoms with Gasteiger partial charge in [0.05, 0.1) is 17.1 Å². The molecule has 3 nitrogen and oxygen atoms in total. The highest BCUT2D eigenvalue weighted by molar-refractivity contribution is 5.14. The zero-order valence-corrected chi connectivity index (χ0v) is 12.6. The molecule has 0 aromatic rings. The summed E-state index contributed by atoms with van der Waals surface area (Å²) >= 11 is 0. The number of nitriles is 1. The van der Waals surface area contributed by atoms with Gasteiger partial charge in [-0.15, -0.1) is 0 Å². The average molecular weight is 264 g/mol. The highest BCUT2D eigenvalue weighted by Crippen LogP contribution is 2.53. The van der Waals surface area contributed by atoms with Gasteiger partial charge in [0.15, 0.2) is 0 Å². The molecule has 2 rings (SSSR count). The number of hydrogen-bond acceptors (Lipinski definition) is 3. The van der Waals surface area contributed by atoms with Gasteiger partial charge in [-0.3, -0.25) is 0 Å². The Morgan fingerprint density at radius 3 is 2.37 bits per heavy atom. The maximum absolute atomic E-state index is 11.1. The highest BCUT2D eigenvalue weighted by atomic mass is 16.3. The van der Waals surface area contributed by atoms with Gasteiger partial charge < -0.3 is 10.4 Å². The van der Waals surface area contributed by atoms with Crippen molar-refractivity contribution >= 4 is 0 Å². The third-order valence-corrected chi connectivity index (χ3v) is 5.73. The minimum absolute atomic E-state index is 0.210. The van der Waals surface area contributed by atoms with Crippen molar-refractivity contribution in [3.8, 4) is 6.07 Å². The summed E-state index contributed by atoms with van der Waals surface area (Å²) in [7, 11) is 0. The van der Waals surface area contributed by atoms with E-state index in [4.69, 9.17) is 0 Å². The highest BCUT2D eigenvalue weighted by Gasteiger charge is 2.54. The molecule has 3 heteroatoms. The first kappa shape index (κ1) is 14.8. The van der Waals surface area contributed by atoms with E-state index in [9.17, 15) is 10.4 Å². The summed E-state index contributed by atoms with van der Waals surface area (Å²) in [5.41, 5.74) is -1.10. The van der Waals surface area contributed by atoms with Crippen molar-refractivity contribution in [2.45, 2.75) is 64.9 Å². The number of piperidine rings is 1. The van der Waals surface area contributed by atoms with Crippen LogP contribution in [0.5, 0.6) is 0 Å². The SMILES string of the molecule is CC1(C)CCC(C#N)(C(C)(O)C2CCCNC2)CC1. The van der Waals surface area contributed by atoms with Gasteiger partial charge in [-0.05, 0) is 57.4 Å². The Morgan fingerprint density at radius 1 is 1.26 bits per heavy atom. The zero-order chi connectivity index (χ0) is 14.1. The Labute approximate surface area is 117 Å². The molecule has 0 aromatic heterocycles. The molecule has 1 heterocycles. The molecule has 2 atom stereocenters. The van der Waals surface area contributed by atoms with Crippen LogP contribution in [0.4, 0.5) is 0 Å². The third-order valence-electron chi connectivity index (χ3n) is 5.73. The zero-order valence-electron chi connectivity index (χ0n) is 12.6. The molecule has 1 aliphatic heterocycles. The summed E-state index contributed by atoms with van der Waals surface area (Å²) in [6.07, 6.45) is 5.88. The van der Waals surface area contributed by atoms with Gasteiger partial charge in [-0.25, -0.2) is 0 Å². The smallest absolute Gasteiger partial charge is 0.0861 e. The van der Waals surface area contributed by atoms with E-state index in [-0.39, 0.29) is 5.92 Å². The van der Waals surface area contributed by atoms with Crippen LogP contribution >= 0.6 is 0 Å². The lowest BCUT2D eigenvalue weighted by molar-refractivity contribution is -0.116. The molecule has 0 spiro atoms. The van der Waals surface area contributed by atoms with E-state index >= 15 is 0 Å². The lowest BCUT2D eigenvalue weighted by atomic mass is 9.56. The normalized spacial score (nSPS) is 33.1. The molecule has 0 aromatic carbocycles. The number of nitrogens with one attached hydrogen (secondary N) is 1. The molecule has 0 amide bonds. The monoisotopic (exact) mass is 264 g/mol. The summed E-state index contributed by atoms with van der Waals surface area (Å²) in [6, 6.07) is 2.51. The Bertz CT molecular complexity index is 351. The third kappa shape index (κ3) is 2.66. The fourth-order valence-electron chi connectivity index (χ4n) is 3.81. The van der Waals surface area contributed by atoms with Crippen LogP contribution in [0.2, 0.25) is 0 Å². The molecule has 2 fully saturated rings. The van der Waals surface area contributed by atoms with Crippen LogP contribution < -0.4 is 5.32 Å². The van der Waals surface area contributed by atoms with Gasteiger partial charge in [-0.2, -0.15) is 5.26 Å². The second-order valence-corrected chi connectivity index (χ2v) is 7.55. The Balaban J connectivity index is 2.18. The summed E-state index contributed by atoms with van der Waals surface area (Å²) in [5, 5.41) is 24.2. The number of rotatable bonds is 2. The molecule has 1 aliphatic carbocycles. The van der Waals surface area contributed by atoms with E-state index < -0.39 is 11.0 Å². The molecule has 108 valence electrons. The fraction of sp³-hybridized carbons (Fsp3) is 0.938. The van der Waals surface area contributed by atoms with Crippen LogP contribution in [0.15, 0.2) is 0 Å². The molecular weight excluding hydrogens is 236 g/mol. The van der Waals surface area contributed by atoms with E-state index in [0.29, 0.717) is 5.41 Å². The molecule has 0 bridgehead atoms. The van der Waals surface area contributed by atoms with E-state index in [1.54, 1.807) is 0 Å². The van der Waals surface area contributed by atoms with Gasteiger partial charge in [0.25, 0.3) is 0 Å². The van der Waals surface area contributed by atoms with E-state index in [1.165, 1.54) is 0 Å². The average Bonchev–Trinajstić information content (AvgIpc) is 2.40. The standard InChI is InChI=1S/C16H28N2O/c1-14(2)6-8-16(12-17,9-7-14)15(3,19)13-5-4-10-18-11-13/h13,18-19H,4-11H2,1-3H3. The largest absolute Gasteiger partial charge is 0.388 e. The Hall–Kier alpha value is -0.590. The fourth-order valence-corrected chi connectivity index (χ4v) is 3.81.